The summed E-state index contributed by atoms with van der Waals surface area (Å²) in [5.41, 5.74) is 1.79. The highest BCUT2D eigenvalue weighted by Crippen LogP contribution is 2.22. The lowest BCUT2D eigenvalue weighted by Crippen LogP contribution is -2.20. The van der Waals surface area contributed by atoms with Crippen molar-refractivity contribution in [2.75, 3.05) is 19.8 Å². The average Bonchev–Trinajstić information content (AvgIpc) is 3.13. The maximum atomic E-state index is 11.9. The van der Waals surface area contributed by atoms with E-state index in [1.807, 2.05) is 13.8 Å². The summed E-state index contributed by atoms with van der Waals surface area (Å²) in [6.07, 6.45) is 2.70. The zero-order valence-corrected chi connectivity index (χ0v) is 20.9. The van der Waals surface area contributed by atoms with E-state index >= 15 is 0 Å². The van der Waals surface area contributed by atoms with E-state index < -0.39 is 5.97 Å². The summed E-state index contributed by atoms with van der Waals surface area (Å²) in [7, 11) is 0. The van der Waals surface area contributed by atoms with Gasteiger partial charge in [-0.1, -0.05) is 39.3 Å². The molecule has 0 N–H and O–H groups in total. The summed E-state index contributed by atoms with van der Waals surface area (Å²) in [4.78, 5) is 39.1. The molecule has 0 atom stereocenters. The Morgan fingerprint density at radius 2 is 1.70 bits per heavy atom. The predicted octanol–water partition coefficient (Wildman–Crippen LogP) is 4.38. The minimum Gasteiger partial charge on any atom is -0.500 e. The number of fused-ring (bicyclic) bond motifs is 1. The van der Waals surface area contributed by atoms with Crippen LogP contribution in [0.4, 0.5) is 0 Å². The van der Waals surface area contributed by atoms with Crippen LogP contribution in [0, 0.1) is 5.92 Å². The fourth-order valence-corrected chi connectivity index (χ4v) is 2.91. The van der Waals surface area contributed by atoms with E-state index in [1.165, 1.54) is 12.5 Å². The van der Waals surface area contributed by atoms with Gasteiger partial charge >= 0.3 is 11.9 Å². The van der Waals surface area contributed by atoms with Crippen molar-refractivity contribution in [1.29, 1.82) is 0 Å². The van der Waals surface area contributed by atoms with Crippen LogP contribution in [0.1, 0.15) is 70.4 Å². The predicted molar refractivity (Wildman–Crippen MR) is 124 cm³/mol. The molecule has 0 spiro atoms. The Bertz CT molecular complexity index is 997. The third-order valence-corrected chi connectivity index (χ3v) is 4.37. The molecule has 10 heteroatoms. The molecule has 9 nitrogen and oxygen atoms in total. The van der Waals surface area contributed by atoms with Crippen molar-refractivity contribution in [3.8, 4) is 0 Å². The summed E-state index contributed by atoms with van der Waals surface area (Å²) in [6.45, 7) is 13.6. The van der Waals surface area contributed by atoms with E-state index in [1.54, 1.807) is 45.2 Å². The van der Waals surface area contributed by atoms with Crippen LogP contribution in [0.2, 0.25) is 5.15 Å². The third kappa shape index (κ3) is 7.85. The van der Waals surface area contributed by atoms with E-state index in [9.17, 15) is 14.4 Å². The van der Waals surface area contributed by atoms with Gasteiger partial charge in [0.2, 0.25) is 0 Å². The second-order valence-electron chi connectivity index (χ2n) is 7.40. The Kier molecular flexibility index (Phi) is 11.6. The second kappa shape index (κ2) is 13.6. The molecular weight excluding hydrogens is 450 g/mol. The molecule has 0 aliphatic carbocycles. The summed E-state index contributed by atoms with van der Waals surface area (Å²) in [5.74, 6) is -1.42. The van der Waals surface area contributed by atoms with Gasteiger partial charge in [0, 0.05) is 18.2 Å². The fraction of sp³-hybridized carbons (Fsp3) is 0.522. The number of carbonyl (C=O) groups is 3. The molecule has 0 saturated carbocycles. The lowest BCUT2D eigenvalue weighted by Gasteiger charge is -2.12. The topological polar surface area (TPSA) is 109 Å². The van der Waals surface area contributed by atoms with Crippen LogP contribution >= 0.6 is 11.6 Å². The molecule has 33 heavy (non-hydrogen) atoms. The van der Waals surface area contributed by atoms with Crippen molar-refractivity contribution in [2.45, 2.75) is 54.4 Å². The van der Waals surface area contributed by atoms with Crippen LogP contribution in [-0.2, 0) is 23.8 Å². The van der Waals surface area contributed by atoms with Gasteiger partial charge < -0.3 is 14.2 Å². The number of nitrogens with zero attached hydrogens (tertiary/aromatic N) is 3. The molecular formula is C23H32ClN3O6. The SMILES string of the molecule is CCOC(=O)c1cnc2cc(Cl)nn2c1C(C)C.CCOC=C(C(=O)OCC)C(=O)C(C)C. The van der Waals surface area contributed by atoms with Gasteiger partial charge in [-0.25, -0.2) is 19.1 Å². The van der Waals surface area contributed by atoms with Gasteiger partial charge in [0.1, 0.15) is 11.8 Å². The van der Waals surface area contributed by atoms with Gasteiger partial charge in [-0.3, -0.25) is 4.79 Å². The highest BCUT2D eigenvalue weighted by molar-refractivity contribution is 6.29. The molecule has 0 aliphatic heterocycles. The standard InChI is InChI=1S/C12H14ClN3O2.C11H18O4/c1-4-18-12(17)8-6-14-10-5-9(13)15-16(10)11(8)7(2)3;1-5-14-7-9(10(12)8(3)4)11(13)15-6-2/h5-7H,4H2,1-3H3;7-8H,5-6H2,1-4H3. The van der Waals surface area contributed by atoms with E-state index in [-0.39, 0.29) is 35.8 Å². The second-order valence-corrected chi connectivity index (χ2v) is 7.78. The van der Waals surface area contributed by atoms with Crippen LogP contribution in [0.3, 0.4) is 0 Å². The van der Waals surface area contributed by atoms with Crippen molar-refractivity contribution in [3.63, 3.8) is 0 Å². The van der Waals surface area contributed by atoms with E-state index in [0.29, 0.717) is 29.6 Å². The minimum absolute atomic E-state index is 0.0197. The maximum absolute atomic E-state index is 11.9. The molecule has 0 amide bonds. The number of halogens is 1. The van der Waals surface area contributed by atoms with Crippen LogP contribution in [0.15, 0.2) is 24.1 Å². The van der Waals surface area contributed by atoms with E-state index in [0.717, 1.165) is 5.69 Å². The number of ether oxygens (including phenoxy) is 3. The largest absolute Gasteiger partial charge is 0.500 e. The molecule has 0 fully saturated rings. The van der Waals surface area contributed by atoms with Crippen molar-refractivity contribution in [3.05, 3.63) is 40.5 Å². The molecule has 2 aromatic rings. The van der Waals surface area contributed by atoms with Gasteiger partial charge in [-0.15, -0.1) is 0 Å². The van der Waals surface area contributed by atoms with Gasteiger partial charge in [0.05, 0.1) is 31.1 Å². The van der Waals surface area contributed by atoms with Crippen molar-refractivity contribution in [1.82, 2.24) is 14.6 Å². The first-order chi connectivity index (χ1) is 15.6. The van der Waals surface area contributed by atoms with Crippen molar-refractivity contribution in [2.24, 2.45) is 5.92 Å². The van der Waals surface area contributed by atoms with Crippen LogP contribution in [0.5, 0.6) is 0 Å². The van der Waals surface area contributed by atoms with E-state index in [4.69, 9.17) is 25.8 Å². The number of esters is 2. The molecule has 2 aromatic heterocycles. The number of carbonyl (C=O) groups excluding carboxylic acids is 3. The third-order valence-electron chi connectivity index (χ3n) is 4.19. The summed E-state index contributed by atoms with van der Waals surface area (Å²) < 4.78 is 16.3. The number of hydrogen-bond acceptors (Lipinski definition) is 8. The summed E-state index contributed by atoms with van der Waals surface area (Å²) >= 11 is 5.86. The number of hydrogen-bond donors (Lipinski definition) is 0. The van der Waals surface area contributed by atoms with Crippen LogP contribution < -0.4 is 0 Å². The Balaban J connectivity index is 0.000000337. The van der Waals surface area contributed by atoms with Gasteiger partial charge in [0.15, 0.2) is 16.6 Å². The summed E-state index contributed by atoms with van der Waals surface area (Å²) in [5, 5.41) is 4.50. The Morgan fingerprint density at radius 3 is 2.21 bits per heavy atom. The molecule has 2 rings (SSSR count). The molecule has 0 aromatic carbocycles. The monoisotopic (exact) mass is 481 g/mol. The highest BCUT2D eigenvalue weighted by Gasteiger charge is 2.23. The van der Waals surface area contributed by atoms with Gasteiger partial charge in [-0.05, 0) is 26.7 Å². The quantitative estimate of drug-likeness (QED) is 0.171. The maximum Gasteiger partial charge on any atom is 0.344 e. The minimum atomic E-state index is -0.621. The Hall–Kier alpha value is -2.94. The zero-order chi connectivity index (χ0) is 25.1. The molecule has 0 saturated heterocycles. The lowest BCUT2D eigenvalue weighted by atomic mass is 10.0. The first kappa shape index (κ1) is 28.1. The number of aromatic nitrogens is 3. The van der Waals surface area contributed by atoms with Gasteiger partial charge in [0.25, 0.3) is 0 Å². The first-order valence-electron chi connectivity index (χ1n) is 10.8. The van der Waals surface area contributed by atoms with Crippen molar-refractivity contribution < 1.29 is 28.6 Å². The van der Waals surface area contributed by atoms with Crippen molar-refractivity contribution >= 4 is 35.0 Å². The molecule has 182 valence electrons. The molecule has 0 bridgehead atoms. The molecule has 0 radical (unpaired) electrons. The lowest BCUT2D eigenvalue weighted by molar-refractivity contribution is -0.140. The number of Topliss-reactive ketones (excluding diaryl/α,β-unsaturated/α-hetero) is 1. The van der Waals surface area contributed by atoms with Crippen LogP contribution in [0.25, 0.3) is 5.65 Å². The van der Waals surface area contributed by atoms with Gasteiger partial charge in [-0.2, -0.15) is 5.10 Å². The zero-order valence-electron chi connectivity index (χ0n) is 20.2. The summed E-state index contributed by atoms with van der Waals surface area (Å²) in [6, 6.07) is 1.66. The molecule has 2 heterocycles. The molecule has 0 unspecified atom stereocenters. The van der Waals surface area contributed by atoms with E-state index in [2.05, 4.69) is 10.1 Å². The Labute approximate surface area is 199 Å². The average molecular weight is 482 g/mol. The number of rotatable bonds is 9. The number of ketones is 1. The first-order valence-corrected chi connectivity index (χ1v) is 11.2. The smallest absolute Gasteiger partial charge is 0.344 e. The highest BCUT2D eigenvalue weighted by atomic mass is 35.5. The van der Waals surface area contributed by atoms with Crippen LogP contribution in [-0.4, -0.2) is 52.1 Å². The Morgan fingerprint density at radius 1 is 1.06 bits per heavy atom. The molecule has 0 aliphatic rings. The fourth-order valence-electron chi connectivity index (χ4n) is 2.74. The normalized spacial score (nSPS) is 11.3.